The molecule has 0 spiro atoms. The molecule has 1 atom stereocenters. The molecular formula is C9H16N4OS. The second kappa shape index (κ2) is 4.87. The van der Waals surface area contributed by atoms with Crippen LogP contribution in [0.2, 0.25) is 0 Å². The van der Waals surface area contributed by atoms with Crippen molar-refractivity contribution in [1.29, 1.82) is 0 Å². The first-order chi connectivity index (χ1) is 7.27. The molecule has 6 heteroatoms. The SMILES string of the molecule is CC(CN1CCOCC1)n1cn[nH]c1=S. The fourth-order valence-electron chi connectivity index (χ4n) is 1.82. The van der Waals surface area contributed by atoms with Gasteiger partial charge in [-0.15, -0.1) is 0 Å². The molecule has 1 N–H and O–H groups in total. The van der Waals surface area contributed by atoms with Gasteiger partial charge in [0.15, 0.2) is 4.77 Å². The topological polar surface area (TPSA) is 46.1 Å². The molecule has 0 amide bonds. The van der Waals surface area contributed by atoms with Crippen LogP contribution in [0, 0.1) is 4.77 Å². The second-order valence-corrected chi connectivity index (χ2v) is 4.22. The lowest BCUT2D eigenvalue weighted by Crippen LogP contribution is -2.39. The normalized spacial score (nSPS) is 20.3. The zero-order valence-corrected chi connectivity index (χ0v) is 9.66. The Labute approximate surface area is 94.0 Å². The zero-order valence-electron chi connectivity index (χ0n) is 8.85. The highest BCUT2D eigenvalue weighted by Gasteiger charge is 2.14. The van der Waals surface area contributed by atoms with Gasteiger partial charge >= 0.3 is 0 Å². The molecule has 1 aromatic heterocycles. The maximum atomic E-state index is 5.31. The minimum absolute atomic E-state index is 0.356. The van der Waals surface area contributed by atoms with Gasteiger partial charge in [0.1, 0.15) is 6.33 Å². The third-order valence-corrected chi connectivity index (χ3v) is 2.98. The van der Waals surface area contributed by atoms with Crippen LogP contribution in [-0.4, -0.2) is 52.5 Å². The molecule has 1 aliphatic rings. The molecule has 1 aromatic rings. The Morgan fingerprint density at radius 3 is 2.93 bits per heavy atom. The van der Waals surface area contributed by atoms with Crippen molar-refractivity contribution in [1.82, 2.24) is 19.7 Å². The average Bonchev–Trinajstić information content (AvgIpc) is 2.66. The van der Waals surface area contributed by atoms with Crippen LogP contribution in [0.4, 0.5) is 0 Å². The lowest BCUT2D eigenvalue weighted by molar-refractivity contribution is 0.0325. The molecule has 1 fully saturated rings. The molecule has 5 nitrogen and oxygen atoms in total. The number of morpholine rings is 1. The molecule has 0 saturated carbocycles. The quantitative estimate of drug-likeness (QED) is 0.779. The van der Waals surface area contributed by atoms with Crippen molar-refractivity contribution in [2.45, 2.75) is 13.0 Å². The van der Waals surface area contributed by atoms with E-state index in [1.54, 1.807) is 6.33 Å². The molecule has 1 saturated heterocycles. The van der Waals surface area contributed by atoms with Gasteiger partial charge in [-0.2, -0.15) is 5.10 Å². The Bertz CT molecular complexity index is 355. The molecule has 15 heavy (non-hydrogen) atoms. The third kappa shape index (κ3) is 2.64. The number of hydrogen-bond donors (Lipinski definition) is 1. The Balaban J connectivity index is 1.94. The third-order valence-electron chi connectivity index (χ3n) is 2.68. The number of aromatic amines is 1. The van der Waals surface area contributed by atoms with Crippen LogP contribution in [0.25, 0.3) is 0 Å². The minimum atomic E-state index is 0.356. The average molecular weight is 228 g/mol. The highest BCUT2D eigenvalue weighted by Crippen LogP contribution is 2.09. The van der Waals surface area contributed by atoms with Crippen molar-refractivity contribution >= 4 is 12.2 Å². The fraction of sp³-hybridized carbons (Fsp3) is 0.778. The van der Waals surface area contributed by atoms with Gasteiger partial charge in [-0.3, -0.25) is 10.00 Å². The van der Waals surface area contributed by atoms with E-state index >= 15 is 0 Å². The monoisotopic (exact) mass is 228 g/mol. The molecule has 0 bridgehead atoms. The predicted octanol–water partition coefficient (Wildman–Crippen LogP) is 0.834. The molecule has 0 aliphatic carbocycles. The van der Waals surface area contributed by atoms with E-state index in [0.717, 1.165) is 32.8 Å². The predicted molar refractivity (Wildman–Crippen MR) is 59.4 cm³/mol. The van der Waals surface area contributed by atoms with Crippen LogP contribution in [0.3, 0.4) is 0 Å². The summed E-state index contributed by atoms with van der Waals surface area (Å²) in [4.78, 5) is 2.39. The Morgan fingerprint density at radius 1 is 1.60 bits per heavy atom. The van der Waals surface area contributed by atoms with E-state index in [1.165, 1.54) is 0 Å². The molecule has 0 aromatic carbocycles. The Kier molecular flexibility index (Phi) is 3.50. The number of hydrogen-bond acceptors (Lipinski definition) is 4. The van der Waals surface area contributed by atoms with E-state index in [9.17, 15) is 0 Å². The van der Waals surface area contributed by atoms with Crippen LogP contribution in [0.5, 0.6) is 0 Å². The summed E-state index contributed by atoms with van der Waals surface area (Å²) in [5.74, 6) is 0. The van der Waals surface area contributed by atoms with E-state index in [1.807, 2.05) is 4.57 Å². The number of rotatable bonds is 3. The number of nitrogens with zero attached hydrogens (tertiary/aromatic N) is 3. The van der Waals surface area contributed by atoms with Crippen molar-refractivity contribution < 1.29 is 4.74 Å². The number of nitrogens with one attached hydrogen (secondary N) is 1. The summed E-state index contributed by atoms with van der Waals surface area (Å²) in [5.41, 5.74) is 0. The number of aromatic nitrogens is 3. The smallest absolute Gasteiger partial charge is 0.195 e. The summed E-state index contributed by atoms with van der Waals surface area (Å²) in [6.45, 7) is 6.84. The second-order valence-electron chi connectivity index (χ2n) is 3.83. The Hall–Kier alpha value is -0.720. The van der Waals surface area contributed by atoms with E-state index < -0.39 is 0 Å². The maximum absolute atomic E-state index is 5.31. The summed E-state index contributed by atoms with van der Waals surface area (Å²) in [5, 5.41) is 6.70. The standard InChI is InChI=1S/C9H16N4OS/c1-8(13-7-10-11-9(13)15)6-12-2-4-14-5-3-12/h7-8H,2-6H2,1H3,(H,11,15). The minimum Gasteiger partial charge on any atom is -0.379 e. The van der Waals surface area contributed by atoms with Gasteiger partial charge in [0, 0.05) is 25.7 Å². The first kappa shape index (κ1) is 10.8. The van der Waals surface area contributed by atoms with Crippen LogP contribution in [-0.2, 0) is 4.74 Å². The van der Waals surface area contributed by atoms with E-state index in [-0.39, 0.29) is 0 Å². The molecule has 0 radical (unpaired) electrons. The van der Waals surface area contributed by atoms with Crippen molar-refractivity contribution in [2.24, 2.45) is 0 Å². The number of H-pyrrole nitrogens is 1. The first-order valence-electron chi connectivity index (χ1n) is 5.19. The van der Waals surface area contributed by atoms with Gasteiger partial charge in [-0.1, -0.05) is 0 Å². The highest BCUT2D eigenvalue weighted by molar-refractivity contribution is 7.71. The van der Waals surface area contributed by atoms with Gasteiger partial charge in [0.2, 0.25) is 0 Å². The van der Waals surface area contributed by atoms with Crippen molar-refractivity contribution in [2.75, 3.05) is 32.8 Å². The van der Waals surface area contributed by atoms with Crippen molar-refractivity contribution in [3.05, 3.63) is 11.1 Å². The van der Waals surface area contributed by atoms with Gasteiger partial charge in [-0.05, 0) is 19.1 Å². The van der Waals surface area contributed by atoms with Crippen LogP contribution < -0.4 is 0 Å². The van der Waals surface area contributed by atoms with Crippen LogP contribution >= 0.6 is 12.2 Å². The lowest BCUT2D eigenvalue weighted by atomic mass is 10.3. The summed E-state index contributed by atoms with van der Waals surface area (Å²) in [7, 11) is 0. The zero-order chi connectivity index (χ0) is 10.7. The maximum Gasteiger partial charge on any atom is 0.195 e. The molecule has 1 unspecified atom stereocenters. The van der Waals surface area contributed by atoms with E-state index in [4.69, 9.17) is 17.0 Å². The fourth-order valence-corrected chi connectivity index (χ4v) is 2.10. The summed E-state index contributed by atoms with van der Waals surface area (Å²) < 4.78 is 7.99. The van der Waals surface area contributed by atoms with Gasteiger partial charge in [0.05, 0.1) is 13.2 Å². The number of ether oxygens (including phenoxy) is 1. The molecular weight excluding hydrogens is 212 g/mol. The van der Waals surface area contributed by atoms with Crippen LogP contribution in [0.1, 0.15) is 13.0 Å². The highest BCUT2D eigenvalue weighted by atomic mass is 32.1. The van der Waals surface area contributed by atoms with Crippen LogP contribution in [0.15, 0.2) is 6.33 Å². The van der Waals surface area contributed by atoms with Crippen molar-refractivity contribution in [3.63, 3.8) is 0 Å². The molecule has 2 heterocycles. The Morgan fingerprint density at radius 2 is 2.33 bits per heavy atom. The summed E-state index contributed by atoms with van der Waals surface area (Å²) in [6.07, 6.45) is 1.76. The van der Waals surface area contributed by atoms with Gasteiger partial charge < -0.3 is 9.30 Å². The lowest BCUT2D eigenvalue weighted by Gasteiger charge is -2.29. The molecule has 1 aliphatic heterocycles. The largest absolute Gasteiger partial charge is 0.379 e. The van der Waals surface area contributed by atoms with E-state index in [0.29, 0.717) is 10.8 Å². The van der Waals surface area contributed by atoms with Gasteiger partial charge in [-0.25, -0.2) is 0 Å². The molecule has 2 rings (SSSR count). The summed E-state index contributed by atoms with van der Waals surface area (Å²) >= 11 is 5.13. The van der Waals surface area contributed by atoms with Crippen molar-refractivity contribution in [3.8, 4) is 0 Å². The summed E-state index contributed by atoms with van der Waals surface area (Å²) in [6, 6.07) is 0.356. The first-order valence-corrected chi connectivity index (χ1v) is 5.60. The van der Waals surface area contributed by atoms with Gasteiger partial charge in [0.25, 0.3) is 0 Å². The van der Waals surface area contributed by atoms with E-state index in [2.05, 4.69) is 22.0 Å². The molecule has 84 valence electrons.